The number of halogens is 2. The van der Waals surface area contributed by atoms with Gasteiger partial charge in [-0.3, -0.25) is 4.98 Å². The minimum atomic E-state index is -0.370. The van der Waals surface area contributed by atoms with Gasteiger partial charge < -0.3 is 14.8 Å². The number of aromatic nitrogens is 1. The molecule has 1 saturated heterocycles. The van der Waals surface area contributed by atoms with Crippen molar-refractivity contribution < 1.29 is 13.9 Å². The van der Waals surface area contributed by atoms with Gasteiger partial charge in [-0.1, -0.05) is 11.6 Å². The third kappa shape index (κ3) is 3.74. The van der Waals surface area contributed by atoms with Crippen LogP contribution < -0.4 is 14.8 Å². The second-order valence-corrected chi connectivity index (χ2v) is 5.96. The summed E-state index contributed by atoms with van der Waals surface area (Å²) >= 11 is 5.99. The highest BCUT2D eigenvalue weighted by Crippen LogP contribution is 2.37. The van der Waals surface area contributed by atoms with Crippen LogP contribution in [0.15, 0.2) is 36.7 Å². The largest absolute Gasteiger partial charge is 0.493 e. The molecule has 2 atom stereocenters. The Hall–Kier alpha value is -1.85. The first-order valence-electron chi connectivity index (χ1n) is 7.48. The fraction of sp³-hybridized carbons (Fsp3) is 0.353. The number of benzene rings is 1. The van der Waals surface area contributed by atoms with E-state index in [4.69, 9.17) is 21.1 Å². The highest BCUT2D eigenvalue weighted by Gasteiger charge is 2.29. The minimum Gasteiger partial charge on any atom is -0.493 e. The average molecular weight is 337 g/mol. The van der Waals surface area contributed by atoms with Gasteiger partial charge in [-0.15, -0.1) is 0 Å². The Bertz CT molecular complexity index is 677. The minimum absolute atomic E-state index is 0.235. The molecule has 0 aliphatic carbocycles. The molecule has 0 spiro atoms. The highest BCUT2D eigenvalue weighted by atomic mass is 35.5. The topological polar surface area (TPSA) is 43.4 Å². The molecule has 1 aromatic carbocycles. The zero-order valence-corrected chi connectivity index (χ0v) is 13.5. The Morgan fingerprint density at radius 3 is 2.87 bits per heavy atom. The molecular weight excluding hydrogens is 319 g/mol. The van der Waals surface area contributed by atoms with Crippen LogP contribution in [0.1, 0.15) is 18.1 Å². The molecule has 1 aliphatic rings. The third-order valence-electron chi connectivity index (χ3n) is 3.96. The van der Waals surface area contributed by atoms with Crippen LogP contribution in [0.25, 0.3) is 0 Å². The quantitative estimate of drug-likeness (QED) is 0.905. The monoisotopic (exact) mass is 336 g/mol. The van der Waals surface area contributed by atoms with E-state index in [1.165, 1.54) is 12.3 Å². The van der Waals surface area contributed by atoms with Gasteiger partial charge in [-0.2, -0.15) is 0 Å². The number of rotatable bonds is 5. The second-order valence-electron chi connectivity index (χ2n) is 5.52. The molecule has 4 nitrogen and oxygen atoms in total. The SMILES string of the molecule is COc1cc(Cl)ccc1O[C@H](c1cncc(F)c1)C1CCNC1. The zero-order valence-electron chi connectivity index (χ0n) is 12.8. The van der Waals surface area contributed by atoms with Crippen LogP contribution in [0.3, 0.4) is 0 Å². The van der Waals surface area contributed by atoms with Crippen LogP contribution >= 0.6 is 11.6 Å². The number of pyridine rings is 1. The fourth-order valence-electron chi connectivity index (χ4n) is 2.83. The molecular formula is C17H18ClFN2O2. The Morgan fingerprint density at radius 1 is 1.30 bits per heavy atom. The lowest BCUT2D eigenvalue weighted by molar-refractivity contribution is 0.138. The fourth-order valence-corrected chi connectivity index (χ4v) is 2.99. The number of nitrogens with zero attached hydrogens (tertiary/aromatic N) is 1. The predicted molar refractivity (Wildman–Crippen MR) is 86.5 cm³/mol. The molecule has 0 amide bonds. The summed E-state index contributed by atoms with van der Waals surface area (Å²) in [4.78, 5) is 3.95. The summed E-state index contributed by atoms with van der Waals surface area (Å²) in [5, 5.41) is 3.88. The maximum Gasteiger partial charge on any atom is 0.162 e. The Balaban J connectivity index is 1.93. The van der Waals surface area contributed by atoms with E-state index in [1.54, 1.807) is 31.5 Å². The van der Waals surface area contributed by atoms with E-state index in [1.807, 2.05) is 0 Å². The van der Waals surface area contributed by atoms with Crippen LogP contribution in [0.4, 0.5) is 4.39 Å². The van der Waals surface area contributed by atoms with Gasteiger partial charge in [-0.25, -0.2) is 4.39 Å². The maximum absolute atomic E-state index is 13.6. The highest BCUT2D eigenvalue weighted by molar-refractivity contribution is 6.30. The third-order valence-corrected chi connectivity index (χ3v) is 4.20. The van der Waals surface area contributed by atoms with Crippen molar-refractivity contribution in [2.75, 3.05) is 20.2 Å². The van der Waals surface area contributed by atoms with Gasteiger partial charge in [0, 0.05) is 35.3 Å². The van der Waals surface area contributed by atoms with Crippen molar-refractivity contribution >= 4 is 11.6 Å². The maximum atomic E-state index is 13.6. The first-order valence-corrected chi connectivity index (χ1v) is 7.86. The second kappa shape index (κ2) is 7.15. The van der Waals surface area contributed by atoms with Crippen molar-refractivity contribution in [3.8, 4) is 11.5 Å². The van der Waals surface area contributed by atoms with Crippen molar-refractivity contribution in [3.05, 3.63) is 53.1 Å². The molecule has 0 saturated carbocycles. The molecule has 0 bridgehead atoms. The van der Waals surface area contributed by atoms with Gasteiger partial charge in [0.2, 0.25) is 0 Å². The first kappa shape index (κ1) is 16.0. The molecule has 23 heavy (non-hydrogen) atoms. The number of hydrogen-bond donors (Lipinski definition) is 1. The number of methoxy groups -OCH3 is 1. The van der Waals surface area contributed by atoms with E-state index < -0.39 is 0 Å². The van der Waals surface area contributed by atoms with Gasteiger partial charge in [0.05, 0.1) is 13.3 Å². The standard InChI is InChI=1S/C17H18ClFN2O2/c1-22-16-7-13(18)2-3-15(16)23-17(11-4-5-20-8-11)12-6-14(19)10-21-9-12/h2-3,6-7,9-11,17,20H,4-5,8H2,1H3/t11?,17-/m0/s1. The molecule has 2 heterocycles. The van der Waals surface area contributed by atoms with E-state index >= 15 is 0 Å². The number of ether oxygens (including phenoxy) is 2. The summed E-state index contributed by atoms with van der Waals surface area (Å²) in [5.74, 6) is 1.000. The lowest BCUT2D eigenvalue weighted by Gasteiger charge is -2.25. The lowest BCUT2D eigenvalue weighted by Crippen LogP contribution is -2.22. The summed E-state index contributed by atoms with van der Waals surface area (Å²) in [6, 6.07) is 6.68. The van der Waals surface area contributed by atoms with E-state index in [-0.39, 0.29) is 17.8 Å². The summed E-state index contributed by atoms with van der Waals surface area (Å²) in [6.45, 7) is 1.74. The zero-order chi connectivity index (χ0) is 16.2. The molecule has 0 radical (unpaired) electrons. The van der Waals surface area contributed by atoms with Crippen LogP contribution in [0.5, 0.6) is 11.5 Å². The summed E-state index contributed by atoms with van der Waals surface area (Å²) in [6.07, 6.45) is 3.49. The van der Waals surface area contributed by atoms with Crippen LogP contribution in [0, 0.1) is 11.7 Å². The van der Waals surface area contributed by atoms with E-state index in [0.717, 1.165) is 25.1 Å². The molecule has 3 rings (SSSR count). The average Bonchev–Trinajstić information content (AvgIpc) is 3.07. The van der Waals surface area contributed by atoms with Gasteiger partial charge in [0.1, 0.15) is 11.9 Å². The van der Waals surface area contributed by atoms with Crippen molar-refractivity contribution in [3.63, 3.8) is 0 Å². The lowest BCUT2D eigenvalue weighted by atomic mass is 9.96. The van der Waals surface area contributed by atoms with Crippen molar-refractivity contribution in [2.45, 2.75) is 12.5 Å². The molecule has 122 valence electrons. The van der Waals surface area contributed by atoms with Crippen LogP contribution in [0.2, 0.25) is 5.02 Å². The number of nitrogens with one attached hydrogen (secondary N) is 1. The van der Waals surface area contributed by atoms with Gasteiger partial charge >= 0.3 is 0 Å². The van der Waals surface area contributed by atoms with E-state index in [0.29, 0.717) is 16.5 Å². The van der Waals surface area contributed by atoms with Gasteiger partial charge in [0.15, 0.2) is 11.5 Å². The Kier molecular flexibility index (Phi) is 4.98. The van der Waals surface area contributed by atoms with Gasteiger partial charge in [0.25, 0.3) is 0 Å². The summed E-state index contributed by atoms with van der Waals surface area (Å²) in [7, 11) is 1.56. The smallest absolute Gasteiger partial charge is 0.162 e. The predicted octanol–water partition coefficient (Wildman–Crippen LogP) is 3.61. The van der Waals surface area contributed by atoms with E-state index in [2.05, 4.69) is 10.3 Å². The molecule has 1 unspecified atom stereocenters. The van der Waals surface area contributed by atoms with Gasteiger partial charge in [-0.05, 0) is 31.2 Å². The Labute approximate surface area is 139 Å². The molecule has 1 aliphatic heterocycles. The van der Waals surface area contributed by atoms with Crippen molar-refractivity contribution in [2.24, 2.45) is 5.92 Å². The molecule has 1 fully saturated rings. The van der Waals surface area contributed by atoms with Crippen molar-refractivity contribution in [1.82, 2.24) is 10.3 Å². The van der Waals surface area contributed by atoms with Crippen LogP contribution in [-0.2, 0) is 0 Å². The molecule has 2 aromatic rings. The molecule has 1 aromatic heterocycles. The van der Waals surface area contributed by atoms with E-state index in [9.17, 15) is 4.39 Å². The summed E-state index contributed by atoms with van der Waals surface area (Å²) < 4.78 is 25.1. The van der Waals surface area contributed by atoms with Crippen LogP contribution in [-0.4, -0.2) is 25.2 Å². The summed E-state index contributed by atoms with van der Waals surface area (Å²) in [5.41, 5.74) is 0.718. The Morgan fingerprint density at radius 2 is 2.17 bits per heavy atom. The first-order chi connectivity index (χ1) is 11.2. The molecule has 6 heteroatoms. The number of hydrogen-bond acceptors (Lipinski definition) is 4. The normalized spacial score (nSPS) is 18.7. The molecule has 1 N–H and O–H groups in total. The van der Waals surface area contributed by atoms with Crippen molar-refractivity contribution in [1.29, 1.82) is 0 Å².